The van der Waals surface area contributed by atoms with Crippen LogP contribution < -0.4 is 0 Å². The fourth-order valence-corrected chi connectivity index (χ4v) is 1.91. The van der Waals surface area contributed by atoms with Crippen LogP contribution >= 0.6 is 0 Å². The topological polar surface area (TPSA) is 43.4 Å². The van der Waals surface area contributed by atoms with Gasteiger partial charge in [0.1, 0.15) is 0 Å². The molecule has 0 aromatic heterocycles. The molecule has 1 aliphatic rings. The minimum atomic E-state index is -0.603. The molecule has 0 amide bonds. The number of allylic oxidation sites excluding steroid dienone is 1. The molecule has 1 atom stereocenters. The molecule has 0 spiro atoms. The third-order valence-electron chi connectivity index (χ3n) is 3.39. The highest BCUT2D eigenvalue weighted by molar-refractivity contribution is 5.99. The molecule has 0 heterocycles. The van der Waals surface area contributed by atoms with Crippen molar-refractivity contribution in [1.82, 2.24) is 0 Å². The van der Waals surface area contributed by atoms with Gasteiger partial charge in [0.25, 0.3) is 0 Å². The normalized spacial score (nSPS) is 26.8. The molecule has 0 fully saturated rings. The highest BCUT2D eigenvalue weighted by atomic mass is 16.5. The van der Waals surface area contributed by atoms with E-state index in [0.717, 1.165) is 11.1 Å². The summed E-state index contributed by atoms with van der Waals surface area (Å²) in [6, 6.07) is 0. The number of carbonyl (C=O) groups is 2. The Morgan fingerprint density at radius 3 is 2.60 bits per heavy atom. The lowest BCUT2D eigenvalue weighted by molar-refractivity contribution is -0.153. The second-order valence-electron chi connectivity index (χ2n) is 4.23. The van der Waals surface area contributed by atoms with Gasteiger partial charge in [-0.2, -0.15) is 0 Å². The number of esters is 1. The second kappa shape index (κ2) is 4.17. The Hall–Kier alpha value is -1.12. The third-order valence-corrected chi connectivity index (χ3v) is 3.39. The summed E-state index contributed by atoms with van der Waals surface area (Å²) in [5, 5.41) is 0. The fourth-order valence-electron chi connectivity index (χ4n) is 1.91. The first kappa shape index (κ1) is 12.0. The summed E-state index contributed by atoms with van der Waals surface area (Å²) in [5.41, 5.74) is 0.975. The van der Waals surface area contributed by atoms with Gasteiger partial charge in [0.05, 0.1) is 12.0 Å². The van der Waals surface area contributed by atoms with E-state index in [2.05, 4.69) is 0 Å². The average molecular weight is 210 g/mol. The number of Topliss-reactive ketones (excluding diaryl/α,β-unsaturated/α-hetero) is 1. The summed E-state index contributed by atoms with van der Waals surface area (Å²) in [6.45, 7) is 7.67. The van der Waals surface area contributed by atoms with Gasteiger partial charge in [-0.1, -0.05) is 0 Å². The molecule has 0 aromatic rings. The minimum absolute atomic E-state index is 0.147. The van der Waals surface area contributed by atoms with Crippen LogP contribution in [0.1, 0.15) is 40.5 Å². The largest absolute Gasteiger partial charge is 0.465 e. The number of rotatable bonds is 2. The molecule has 1 rings (SSSR count). The molecule has 0 aliphatic heterocycles. The Labute approximate surface area is 90.5 Å². The Morgan fingerprint density at radius 1 is 1.47 bits per heavy atom. The molecule has 3 heteroatoms. The molecule has 1 unspecified atom stereocenters. The van der Waals surface area contributed by atoms with Crippen molar-refractivity contribution in [2.75, 3.05) is 6.61 Å². The van der Waals surface area contributed by atoms with Gasteiger partial charge in [0.15, 0.2) is 5.78 Å². The molecular weight excluding hydrogens is 192 g/mol. The van der Waals surface area contributed by atoms with Gasteiger partial charge in [0.2, 0.25) is 0 Å². The standard InChI is InChI=1S/C12H18O3/c1-5-15-11(14)12(4)7-6-10(13)8(2)9(12)3/h5-7H2,1-4H3. The van der Waals surface area contributed by atoms with Gasteiger partial charge < -0.3 is 4.74 Å². The molecule has 0 bridgehead atoms. The Bertz CT molecular complexity index is 328. The van der Waals surface area contributed by atoms with Crippen LogP contribution in [0.2, 0.25) is 0 Å². The van der Waals surface area contributed by atoms with Crippen LogP contribution in [0.25, 0.3) is 0 Å². The summed E-state index contributed by atoms with van der Waals surface area (Å²) < 4.78 is 5.05. The summed E-state index contributed by atoms with van der Waals surface area (Å²) in [6.07, 6.45) is 1.01. The van der Waals surface area contributed by atoms with Gasteiger partial charge in [-0.05, 0) is 45.3 Å². The molecule has 0 saturated heterocycles. The van der Waals surface area contributed by atoms with Crippen LogP contribution in [-0.4, -0.2) is 18.4 Å². The quantitative estimate of drug-likeness (QED) is 0.656. The zero-order valence-corrected chi connectivity index (χ0v) is 9.85. The zero-order chi connectivity index (χ0) is 11.6. The molecule has 1 aliphatic carbocycles. The maximum Gasteiger partial charge on any atom is 0.315 e. The number of carbonyl (C=O) groups excluding carboxylic acids is 2. The average Bonchev–Trinajstić information content (AvgIpc) is 2.21. The van der Waals surface area contributed by atoms with Crippen LogP contribution in [0.15, 0.2) is 11.1 Å². The van der Waals surface area contributed by atoms with Crippen molar-refractivity contribution in [2.45, 2.75) is 40.5 Å². The molecule has 84 valence electrons. The fraction of sp³-hybridized carbons (Fsp3) is 0.667. The first-order valence-corrected chi connectivity index (χ1v) is 5.32. The summed E-state index contributed by atoms with van der Waals surface area (Å²) >= 11 is 0. The smallest absolute Gasteiger partial charge is 0.315 e. The lowest BCUT2D eigenvalue weighted by Crippen LogP contribution is -2.36. The van der Waals surface area contributed by atoms with E-state index in [-0.39, 0.29) is 11.8 Å². The van der Waals surface area contributed by atoms with Gasteiger partial charge in [-0.15, -0.1) is 0 Å². The van der Waals surface area contributed by atoms with Gasteiger partial charge in [-0.25, -0.2) is 0 Å². The van der Waals surface area contributed by atoms with Crippen molar-refractivity contribution >= 4 is 11.8 Å². The van der Waals surface area contributed by atoms with E-state index in [4.69, 9.17) is 4.74 Å². The molecule has 3 nitrogen and oxygen atoms in total. The maximum absolute atomic E-state index is 11.8. The van der Waals surface area contributed by atoms with Crippen molar-refractivity contribution < 1.29 is 14.3 Å². The summed E-state index contributed by atoms with van der Waals surface area (Å²) in [7, 11) is 0. The van der Waals surface area contributed by atoms with Crippen molar-refractivity contribution in [3.8, 4) is 0 Å². The second-order valence-corrected chi connectivity index (χ2v) is 4.23. The van der Waals surface area contributed by atoms with Crippen LogP contribution in [0, 0.1) is 5.41 Å². The molecule has 0 saturated carbocycles. The van der Waals surface area contributed by atoms with E-state index in [1.807, 2.05) is 13.8 Å². The summed E-state index contributed by atoms with van der Waals surface area (Å²) in [4.78, 5) is 23.3. The predicted molar refractivity (Wildman–Crippen MR) is 57.4 cm³/mol. The van der Waals surface area contributed by atoms with Crippen LogP contribution in [0.3, 0.4) is 0 Å². The lowest BCUT2D eigenvalue weighted by Gasteiger charge is -2.32. The van der Waals surface area contributed by atoms with Crippen LogP contribution in [-0.2, 0) is 14.3 Å². The Balaban J connectivity index is 3.05. The number of ether oxygens (including phenoxy) is 1. The van der Waals surface area contributed by atoms with Crippen molar-refractivity contribution in [1.29, 1.82) is 0 Å². The number of hydrogen-bond acceptors (Lipinski definition) is 3. The molecular formula is C12H18O3. The monoisotopic (exact) mass is 210 g/mol. The van der Waals surface area contributed by atoms with Crippen molar-refractivity contribution in [2.24, 2.45) is 5.41 Å². The van der Waals surface area contributed by atoms with Gasteiger partial charge in [-0.3, -0.25) is 9.59 Å². The Kier molecular flexibility index (Phi) is 3.32. The lowest BCUT2D eigenvalue weighted by atomic mass is 9.71. The van der Waals surface area contributed by atoms with Crippen molar-refractivity contribution in [3.05, 3.63) is 11.1 Å². The maximum atomic E-state index is 11.8. The third kappa shape index (κ3) is 1.96. The zero-order valence-electron chi connectivity index (χ0n) is 9.85. The molecule has 0 N–H and O–H groups in total. The van der Waals surface area contributed by atoms with E-state index in [0.29, 0.717) is 19.4 Å². The summed E-state index contributed by atoms with van der Waals surface area (Å²) in [5.74, 6) is -0.0661. The van der Waals surface area contributed by atoms with Crippen LogP contribution in [0.5, 0.6) is 0 Å². The number of ketones is 1. The van der Waals surface area contributed by atoms with E-state index >= 15 is 0 Å². The highest BCUT2D eigenvalue weighted by Crippen LogP contribution is 2.39. The van der Waals surface area contributed by atoms with E-state index in [9.17, 15) is 9.59 Å². The predicted octanol–water partition coefficient (Wildman–Crippen LogP) is 2.26. The molecule has 0 aromatic carbocycles. The van der Waals surface area contributed by atoms with E-state index in [1.165, 1.54) is 0 Å². The Morgan fingerprint density at radius 2 is 2.07 bits per heavy atom. The van der Waals surface area contributed by atoms with Gasteiger partial charge >= 0.3 is 5.97 Å². The van der Waals surface area contributed by atoms with Crippen LogP contribution in [0.4, 0.5) is 0 Å². The van der Waals surface area contributed by atoms with Crippen molar-refractivity contribution in [3.63, 3.8) is 0 Å². The SMILES string of the molecule is CCOC(=O)C1(C)CCC(=O)C(C)=C1C. The van der Waals surface area contributed by atoms with E-state index in [1.54, 1.807) is 13.8 Å². The highest BCUT2D eigenvalue weighted by Gasteiger charge is 2.41. The van der Waals surface area contributed by atoms with E-state index < -0.39 is 5.41 Å². The first-order valence-electron chi connectivity index (χ1n) is 5.32. The molecule has 0 radical (unpaired) electrons. The minimum Gasteiger partial charge on any atom is -0.465 e. The first-order chi connectivity index (χ1) is 6.93. The molecule has 15 heavy (non-hydrogen) atoms. The van der Waals surface area contributed by atoms with Gasteiger partial charge in [0, 0.05) is 6.42 Å². The number of hydrogen-bond donors (Lipinski definition) is 0.